The van der Waals surface area contributed by atoms with Crippen molar-refractivity contribution in [2.24, 2.45) is 0 Å². The predicted molar refractivity (Wildman–Crippen MR) is 132 cm³/mol. The third kappa shape index (κ3) is 4.49. The quantitative estimate of drug-likeness (QED) is 0.332. The molecule has 2 saturated heterocycles. The van der Waals surface area contributed by atoms with Crippen LogP contribution < -0.4 is 14.7 Å². The number of halogens is 1. The molecule has 0 aliphatic carbocycles. The molecular weight excluding hydrogens is 447 g/mol. The minimum Gasteiger partial charge on any atom is -0.378 e. The van der Waals surface area contributed by atoms with Crippen LogP contribution in [-0.2, 0) is 9.53 Å². The number of ether oxygens (including phenoxy) is 1. The number of rotatable bonds is 6. The number of quaternary nitrogens is 1. The topological polar surface area (TPSA) is 91.1 Å². The monoisotopic (exact) mass is 471 g/mol. The van der Waals surface area contributed by atoms with Crippen molar-refractivity contribution in [2.75, 3.05) is 49.6 Å². The van der Waals surface area contributed by atoms with Gasteiger partial charge in [0.2, 0.25) is 5.95 Å². The fourth-order valence-electron chi connectivity index (χ4n) is 4.31. The van der Waals surface area contributed by atoms with Gasteiger partial charge in [0.15, 0.2) is 0 Å². The molecule has 0 atom stereocenters. The first-order valence-corrected chi connectivity index (χ1v) is 11.3. The third-order valence-electron chi connectivity index (χ3n) is 6.31. The van der Waals surface area contributed by atoms with Crippen LogP contribution in [0.4, 0.5) is 27.4 Å². The summed E-state index contributed by atoms with van der Waals surface area (Å²) in [6.45, 7) is 7.74. The van der Waals surface area contributed by atoms with Gasteiger partial charge < -0.3 is 15.0 Å². The van der Waals surface area contributed by atoms with Crippen LogP contribution in [-0.4, -0.2) is 55.3 Å². The van der Waals surface area contributed by atoms with Crippen molar-refractivity contribution in [3.05, 3.63) is 72.7 Å². The van der Waals surface area contributed by atoms with Gasteiger partial charge in [0.1, 0.15) is 30.7 Å². The highest BCUT2D eigenvalue weighted by Gasteiger charge is 2.51. The number of aromatic nitrogens is 2. The van der Waals surface area contributed by atoms with Crippen LogP contribution >= 0.6 is 0 Å². The summed E-state index contributed by atoms with van der Waals surface area (Å²) in [5.74, 6) is -0.414. The molecule has 2 fully saturated rings. The maximum atomic E-state index is 14.6. The van der Waals surface area contributed by atoms with E-state index in [9.17, 15) is 14.4 Å². The number of nitrogens with zero attached hydrogens (tertiary/aromatic N) is 5. The maximum absolute atomic E-state index is 14.6. The Balaban J connectivity index is 1.47. The van der Waals surface area contributed by atoms with E-state index in [0.29, 0.717) is 43.2 Å². The minimum absolute atomic E-state index is 0.0146. The van der Waals surface area contributed by atoms with Crippen LogP contribution in [0.3, 0.4) is 0 Å². The summed E-state index contributed by atoms with van der Waals surface area (Å²) in [6.07, 6.45) is 2.67. The summed E-state index contributed by atoms with van der Waals surface area (Å²) < 4.78 is 20.1. The number of morpholine rings is 1. The van der Waals surface area contributed by atoms with Crippen LogP contribution in [0.5, 0.6) is 0 Å². The molecule has 0 saturated carbocycles. The summed E-state index contributed by atoms with van der Waals surface area (Å²) in [7, 11) is 0. The van der Waals surface area contributed by atoms with Gasteiger partial charge in [-0.2, -0.15) is 5.26 Å². The van der Waals surface area contributed by atoms with Crippen molar-refractivity contribution in [1.29, 1.82) is 5.26 Å². The highest BCUT2D eigenvalue weighted by molar-refractivity contribution is 5.99. The highest BCUT2D eigenvalue weighted by atomic mass is 19.1. The molecule has 0 unspecified atom stereocenters. The Hall–Kier alpha value is -4.13. The first kappa shape index (κ1) is 22.7. The summed E-state index contributed by atoms with van der Waals surface area (Å²) in [5.41, 5.74) is 3.27. The van der Waals surface area contributed by atoms with E-state index in [4.69, 9.17) is 4.74 Å². The fraction of sp³-hybridized carbons (Fsp3) is 0.231. The van der Waals surface area contributed by atoms with Crippen molar-refractivity contribution in [1.82, 2.24) is 14.5 Å². The van der Waals surface area contributed by atoms with E-state index in [1.165, 1.54) is 24.4 Å². The molecule has 3 heterocycles. The molecule has 0 bridgehead atoms. The van der Waals surface area contributed by atoms with Gasteiger partial charge in [-0.1, -0.05) is 12.6 Å². The summed E-state index contributed by atoms with van der Waals surface area (Å²) in [6, 6.07) is 14.3. The van der Waals surface area contributed by atoms with Crippen LogP contribution in [0.25, 0.3) is 11.3 Å². The number of hydrogen-bond donors (Lipinski definition) is 1. The molecule has 2 aliphatic rings. The number of nitriles is 1. The summed E-state index contributed by atoms with van der Waals surface area (Å²) in [4.78, 5) is 23.5. The summed E-state index contributed by atoms with van der Waals surface area (Å²) >= 11 is 0. The number of carbonyl (C=O) groups excluding carboxylic acids is 1. The van der Waals surface area contributed by atoms with Crippen molar-refractivity contribution in [2.45, 2.75) is 0 Å². The maximum Gasteiger partial charge on any atom is 0.343 e. The van der Waals surface area contributed by atoms with Crippen molar-refractivity contribution in [3.63, 3.8) is 0 Å². The van der Waals surface area contributed by atoms with Crippen LogP contribution in [0.2, 0.25) is 0 Å². The van der Waals surface area contributed by atoms with Gasteiger partial charge in [-0.3, -0.25) is 0 Å². The van der Waals surface area contributed by atoms with Gasteiger partial charge in [-0.05, 0) is 24.3 Å². The van der Waals surface area contributed by atoms with Crippen LogP contribution in [0.1, 0.15) is 5.56 Å². The number of anilines is 3. The average molecular weight is 472 g/mol. The largest absolute Gasteiger partial charge is 0.378 e. The lowest BCUT2D eigenvalue weighted by Gasteiger charge is -2.29. The standard InChI is InChI=1S/C26H24FN6O2/c1-2-24(34)33(8-9-33)23-13-18(12-20(27)14-23)25-19(16-28)17-29-26(31-25)30-21-4-3-5-22(15-21)32-6-10-35-11-7-32/h2-5,12-15,17H,1,6-11H2,(H,29,30,31)/q+1. The second-order valence-electron chi connectivity index (χ2n) is 8.50. The van der Waals surface area contributed by atoms with E-state index in [-0.39, 0.29) is 21.9 Å². The van der Waals surface area contributed by atoms with E-state index in [0.717, 1.165) is 24.5 Å². The van der Waals surface area contributed by atoms with Crippen LogP contribution in [0.15, 0.2) is 61.3 Å². The SMILES string of the molecule is C=CC(=O)[N+]1(c2cc(F)cc(-c3nc(Nc4cccc(N5CCOCC5)c4)ncc3C#N)c2)CC1. The average Bonchev–Trinajstić information content (AvgIpc) is 3.71. The lowest BCUT2D eigenvalue weighted by atomic mass is 10.1. The lowest BCUT2D eigenvalue weighted by molar-refractivity contribution is -0.120. The molecular formula is C26H24FN6O2+. The smallest absolute Gasteiger partial charge is 0.343 e. The second-order valence-corrected chi connectivity index (χ2v) is 8.50. The highest BCUT2D eigenvalue weighted by Crippen LogP contribution is 2.37. The van der Waals surface area contributed by atoms with E-state index in [1.54, 1.807) is 6.07 Å². The van der Waals surface area contributed by atoms with E-state index in [1.807, 2.05) is 24.3 Å². The molecule has 5 rings (SSSR count). The normalized spacial score (nSPS) is 16.3. The Morgan fingerprint density at radius 3 is 2.74 bits per heavy atom. The Kier molecular flexibility index (Phi) is 5.99. The molecule has 176 valence electrons. The van der Waals surface area contributed by atoms with Gasteiger partial charge in [0, 0.05) is 48.2 Å². The number of amides is 1. The van der Waals surface area contributed by atoms with Gasteiger partial charge in [0.25, 0.3) is 0 Å². The molecule has 9 heteroatoms. The van der Waals surface area contributed by atoms with Gasteiger partial charge in [-0.25, -0.2) is 23.6 Å². The molecule has 2 aliphatic heterocycles. The molecule has 2 aromatic carbocycles. The number of hydrogen-bond acceptors (Lipinski definition) is 7. The van der Waals surface area contributed by atoms with Crippen molar-refractivity contribution in [3.8, 4) is 17.3 Å². The molecule has 0 radical (unpaired) electrons. The number of benzene rings is 2. The zero-order valence-electron chi connectivity index (χ0n) is 19.1. The van der Waals surface area contributed by atoms with Crippen molar-refractivity contribution < 1.29 is 13.9 Å². The molecule has 1 aromatic heterocycles. The van der Waals surface area contributed by atoms with Crippen LogP contribution in [0, 0.1) is 17.1 Å². The Bertz CT molecular complexity index is 1340. The fourth-order valence-corrected chi connectivity index (χ4v) is 4.31. The Morgan fingerprint density at radius 2 is 2.03 bits per heavy atom. The molecule has 1 N–H and O–H groups in total. The Labute approximate surface area is 202 Å². The second kappa shape index (κ2) is 9.25. The third-order valence-corrected chi connectivity index (χ3v) is 6.31. The first-order valence-electron chi connectivity index (χ1n) is 11.3. The zero-order valence-corrected chi connectivity index (χ0v) is 19.1. The zero-order chi connectivity index (χ0) is 24.4. The Morgan fingerprint density at radius 1 is 1.23 bits per heavy atom. The van der Waals surface area contributed by atoms with E-state index >= 15 is 0 Å². The van der Waals surface area contributed by atoms with E-state index < -0.39 is 5.82 Å². The molecule has 1 amide bonds. The predicted octanol–water partition coefficient (Wildman–Crippen LogP) is 3.77. The number of nitrogens with one attached hydrogen (secondary N) is 1. The molecule has 0 spiro atoms. The first-order chi connectivity index (χ1) is 17.0. The minimum atomic E-state index is -0.506. The van der Waals surface area contributed by atoms with Gasteiger partial charge in [-0.15, -0.1) is 0 Å². The molecule has 35 heavy (non-hydrogen) atoms. The summed E-state index contributed by atoms with van der Waals surface area (Å²) in [5, 5.41) is 12.8. The van der Waals surface area contributed by atoms with E-state index in [2.05, 4.69) is 32.8 Å². The van der Waals surface area contributed by atoms with Gasteiger partial charge in [0.05, 0.1) is 30.7 Å². The molecule has 8 nitrogen and oxygen atoms in total. The lowest BCUT2D eigenvalue weighted by Crippen LogP contribution is -2.36. The number of carbonyl (C=O) groups is 1. The van der Waals surface area contributed by atoms with Gasteiger partial charge >= 0.3 is 5.91 Å². The van der Waals surface area contributed by atoms with Crippen molar-refractivity contribution >= 4 is 28.9 Å². The molecule has 3 aromatic rings.